The summed E-state index contributed by atoms with van der Waals surface area (Å²) in [5.41, 5.74) is 1.04. The van der Waals surface area contributed by atoms with Gasteiger partial charge in [0.15, 0.2) is 11.5 Å². The summed E-state index contributed by atoms with van der Waals surface area (Å²) in [6.07, 6.45) is 1.31. The van der Waals surface area contributed by atoms with Crippen LogP contribution in [0.5, 0.6) is 11.5 Å². The lowest BCUT2D eigenvalue weighted by Crippen LogP contribution is -2.12. The molecule has 0 saturated carbocycles. The van der Waals surface area contributed by atoms with Crippen molar-refractivity contribution < 1.29 is 22.3 Å². The van der Waals surface area contributed by atoms with Crippen LogP contribution in [0.1, 0.15) is 5.56 Å². The SMILES string of the molecule is COc1ccc(S(=O)(=O)n2cc(Cl)c3cccc(-c4ccc(C#N)c(F)c4)c32)cc1OC. The molecule has 0 aliphatic rings. The van der Waals surface area contributed by atoms with Crippen molar-refractivity contribution in [3.05, 3.63) is 77.2 Å². The minimum absolute atomic E-state index is 0.0375. The third-order valence-corrected chi connectivity index (χ3v) is 7.01. The summed E-state index contributed by atoms with van der Waals surface area (Å²) in [6, 6.07) is 15.2. The number of rotatable bonds is 5. The van der Waals surface area contributed by atoms with Crippen molar-refractivity contribution in [3.8, 4) is 28.7 Å². The summed E-state index contributed by atoms with van der Waals surface area (Å²) in [5.74, 6) is -0.0601. The maximum Gasteiger partial charge on any atom is 0.268 e. The molecule has 0 atom stereocenters. The molecule has 3 aromatic carbocycles. The fraction of sp³-hybridized carbons (Fsp3) is 0.0870. The second-order valence-electron chi connectivity index (χ2n) is 6.80. The van der Waals surface area contributed by atoms with Crippen molar-refractivity contribution in [2.45, 2.75) is 4.90 Å². The maximum absolute atomic E-state index is 14.3. The van der Waals surface area contributed by atoms with E-state index in [-0.39, 0.29) is 26.7 Å². The fourth-order valence-corrected chi connectivity index (χ4v) is 5.21. The third kappa shape index (κ3) is 3.45. The van der Waals surface area contributed by atoms with Gasteiger partial charge in [-0.3, -0.25) is 0 Å². The lowest BCUT2D eigenvalue weighted by molar-refractivity contribution is 0.354. The highest BCUT2D eigenvalue weighted by Gasteiger charge is 2.24. The topological polar surface area (TPSA) is 81.3 Å². The lowest BCUT2D eigenvalue weighted by Gasteiger charge is -2.13. The van der Waals surface area contributed by atoms with Gasteiger partial charge in [-0.2, -0.15) is 5.26 Å². The standard InChI is InChI=1S/C23H16ClFN2O4S/c1-30-21-9-8-16(11-22(21)31-2)32(28,29)27-13-19(24)18-5-3-4-17(23(18)27)14-6-7-15(12-26)20(25)10-14/h3-11,13H,1-2H3. The van der Waals surface area contributed by atoms with E-state index in [1.165, 1.54) is 50.7 Å². The van der Waals surface area contributed by atoms with Gasteiger partial charge in [0.05, 0.1) is 35.2 Å². The van der Waals surface area contributed by atoms with Gasteiger partial charge in [0, 0.05) is 23.2 Å². The summed E-state index contributed by atoms with van der Waals surface area (Å²) in [4.78, 5) is -0.0375. The van der Waals surface area contributed by atoms with E-state index in [4.69, 9.17) is 26.3 Å². The van der Waals surface area contributed by atoms with Gasteiger partial charge in [-0.25, -0.2) is 16.8 Å². The van der Waals surface area contributed by atoms with Crippen LogP contribution in [0.3, 0.4) is 0 Å². The summed E-state index contributed by atoms with van der Waals surface area (Å²) in [6.45, 7) is 0. The monoisotopic (exact) mass is 470 g/mol. The number of nitrogens with zero attached hydrogens (tertiary/aromatic N) is 2. The van der Waals surface area contributed by atoms with Crippen LogP contribution < -0.4 is 9.47 Å². The number of ether oxygens (including phenoxy) is 2. The van der Waals surface area contributed by atoms with E-state index in [9.17, 15) is 12.8 Å². The molecule has 0 radical (unpaired) electrons. The van der Waals surface area contributed by atoms with E-state index < -0.39 is 15.8 Å². The van der Waals surface area contributed by atoms with E-state index in [0.717, 1.165) is 3.97 Å². The largest absolute Gasteiger partial charge is 0.493 e. The Labute approximate surface area is 189 Å². The first kappa shape index (κ1) is 21.7. The molecule has 1 aromatic heterocycles. The first-order chi connectivity index (χ1) is 15.3. The number of methoxy groups -OCH3 is 2. The second-order valence-corrected chi connectivity index (χ2v) is 9.02. The predicted octanol–water partition coefficient (Wildman–Crippen LogP) is 5.23. The first-order valence-electron chi connectivity index (χ1n) is 9.29. The van der Waals surface area contributed by atoms with E-state index in [2.05, 4.69) is 0 Å². The van der Waals surface area contributed by atoms with Crippen LogP contribution in [0.4, 0.5) is 4.39 Å². The highest BCUT2D eigenvalue weighted by Crippen LogP contribution is 2.38. The molecule has 162 valence electrons. The fourth-order valence-electron chi connectivity index (χ4n) is 3.50. The minimum atomic E-state index is -4.11. The van der Waals surface area contributed by atoms with E-state index >= 15 is 0 Å². The van der Waals surface area contributed by atoms with Crippen LogP contribution in [0, 0.1) is 17.1 Å². The molecular formula is C23H16ClFN2O4S. The van der Waals surface area contributed by atoms with Gasteiger partial charge in [-0.1, -0.05) is 35.9 Å². The highest BCUT2D eigenvalue weighted by atomic mass is 35.5. The van der Waals surface area contributed by atoms with Crippen molar-refractivity contribution in [1.82, 2.24) is 3.97 Å². The van der Waals surface area contributed by atoms with Gasteiger partial charge < -0.3 is 9.47 Å². The van der Waals surface area contributed by atoms with Crippen molar-refractivity contribution >= 4 is 32.5 Å². The molecule has 1 heterocycles. The van der Waals surface area contributed by atoms with Crippen LogP contribution in [0.2, 0.25) is 5.02 Å². The Morgan fingerprint density at radius 2 is 1.78 bits per heavy atom. The molecule has 32 heavy (non-hydrogen) atoms. The second kappa shape index (κ2) is 8.19. The molecule has 0 aliphatic heterocycles. The smallest absolute Gasteiger partial charge is 0.268 e. The van der Waals surface area contributed by atoms with Gasteiger partial charge in [0.1, 0.15) is 11.9 Å². The van der Waals surface area contributed by atoms with Gasteiger partial charge in [0.2, 0.25) is 0 Å². The lowest BCUT2D eigenvalue weighted by atomic mass is 10.0. The number of aromatic nitrogens is 1. The zero-order valence-electron chi connectivity index (χ0n) is 17.0. The van der Waals surface area contributed by atoms with Crippen LogP contribution >= 0.6 is 11.6 Å². The average Bonchev–Trinajstić information content (AvgIpc) is 3.16. The zero-order valence-corrected chi connectivity index (χ0v) is 18.5. The molecule has 0 saturated heterocycles. The van der Waals surface area contributed by atoms with Crippen molar-refractivity contribution in [2.75, 3.05) is 14.2 Å². The van der Waals surface area contributed by atoms with Crippen molar-refractivity contribution in [2.24, 2.45) is 0 Å². The van der Waals surface area contributed by atoms with E-state index in [1.54, 1.807) is 30.3 Å². The molecule has 6 nitrogen and oxygen atoms in total. The molecular weight excluding hydrogens is 455 g/mol. The number of halogens is 2. The van der Waals surface area contributed by atoms with Gasteiger partial charge >= 0.3 is 0 Å². The maximum atomic E-state index is 14.3. The van der Waals surface area contributed by atoms with Crippen molar-refractivity contribution in [3.63, 3.8) is 0 Å². The van der Waals surface area contributed by atoms with Crippen molar-refractivity contribution in [1.29, 1.82) is 5.26 Å². The number of fused-ring (bicyclic) bond motifs is 1. The minimum Gasteiger partial charge on any atom is -0.493 e. The van der Waals surface area contributed by atoms with Crippen LogP contribution in [-0.2, 0) is 10.0 Å². The molecule has 0 N–H and O–H groups in total. The normalized spacial score (nSPS) is 11.3. The van der Waals surface area contributed by atoms with Gasteiger partial charge in [-0.15, -0.1) is 0 Å². The van der Waals surface area contributed by atoms with Gasteiger partial charge in [-0.05, 0) is 29.8 Å². The summed E-state index contributed by atoms with van der Waals surface area (Å²) in [7, 11) is -1.24. The Bertz CT molecular complexity index is 1510. The summed E-state index contributed by atoms with van der Waals surface area (Å²) < 4.78 is 52.9. The molecule has 0 fully saturated rings. The number of hydrogen-bond acceptors (Lipinski definition) is 5. The van der Waals surface area contributed by atoms with Crippen LogP contribution in [0.25, 0.3) is 22.0 Å². The Balaban J connectivity index is 1.98. The molecule has 0 spiro atoms. The van der Waals surface area contributed by atoms with Crippen LogP contribution in [0.15, 0.2) is 65.7 Å². The molecule has 0 unspecified atom stereocenters. The average molecular weight is 471 g/mol. The number of hydrogen-bond donors (Lipinski definition) is 0. The molecule has 9 heteroatoms. The number of benzene rings is 3. The molecule has 0 amide bonds. The Morgan fingerprint density at radius 3 is 2.44 bits per heavy atom. The molecule has 0 bridgehead atoms. The zero-order chi connectivity index (χ0) is 23.0. The Morgan fingerprint density at radius 1 is 1.03 bits per heavy atom. The highest BCUT2D eigenvalue weighted by molar-refractivity contribution is 7.90. The third-order valence-electron chi connectivity index (χ3n) is 5.06. The summed E-state index contributed by atoms with van der Waals surface area (Å²) >= 11 is 6.37. The first-order valence-corrected chi connectivity index (χ1v) is 11.1. The Hall–Kier alpha value is -3.54. The Kier molecular flexibility index (Phi) is 5.55. The molecule has 4 aromatic rings. The molecule has 4 rings (SSSR count). The molecule has 0 aliphatic carbocycles. The van der Waals surface area contributed by atoms with Crippen LogP contribution in [-0.4, -0.2) is 26.6 Å². The summed E-state index contributed by atoms with van der Waals surface area (Å²) in [5, 5.41) is 9.71. The number of nitriles is 1. The van der Waals surface area contributed by atoms with Gasteiger partial charge in [0.25, 0.3) is 10.0 Å². The van der Waals surface area contributed by atoms with E-state index in [0.29, 0.717) is 22.3 Å². The number of para-hydroxylation sites is 1. The van der Waals surface area contributed by atoms with E-state index in [1.807, 2.05) is 0 Å². The predicted molar refractivity (Wildman–Crippen MR) is 119 cm³/mol. The quantitative estimate of drug-likeness (QED) is 0.399.